The average molecular weight is 281 g/mol. The standard InChI is InChI=1S/C17H35N3/c1-4-16-6-11-20(12-7-16)17(14-18)8-5-10-19(13-9-17)15(2)3/h15-16H,4-14,18H2,1-3H3. The molecule has 0 bridgehead atoms. The van der Waals surface area contributed by atoms with Crippen molar-refractivity contribution in [3.05, 3.63) is 0 Å². The highest BCUT2D eigenvalue weighted by atomic mass is 15.2. The summed E-state index contributed by atoms with van der Waals surface area (Å²) in [5.41, 5.74) is 6.56. The van der Waals surface area contributed by atoms with Gasteiger partial charge in [-0.2, -0.15) is 0 Å². The van der Waals surface area contributed by atoms with Crippen molar-refractivity contribution in [3.63, 3.8) is 0 Å². The Kier molecular flexibility index (Phi) is 5.88. The Morgan fingerprint density at radius 3 is 2.35 bits per heavy atom. The molecule has 0 aromatic rings. The van der Waals surface area contributed by atoms with Gasteiger partial charge in [0.15, 0.2) is 0 Å². The lowest BCUT2D eigenvalue weighted by Crippen LogP contribution is -2.56. The molecule has 0 spiro atoms. The van der Waals surface area contributed by atoms with Gasteiger partial charge in [-0.05, 0) is 71.5 Å². The summed E-state index contributed by atoms with van der Waals surface area (Å²) in [5, 5.41) is 0. The summed E-state index contributed by atoms with van der Waals surface area (Å²) in [4.78, 5) is 5.39. The van der Waals surface area contributed by atoms with Gasteiger partial charge in [0.1, 0.15) is 0 Å². The molecule has 3 heteroatoms. The van der Waals surface area contributed by atoms with Gasteiger partial charge in [-0.1, -0.05) is 13.3 Å². The lowest BCUT2D eigenvalue weighted by molar-refractivity contribution is 0.0416. The van der Waals surface area contributed by atoms with Gasteiger partial charge in [0.25, 0.3) is 0 Å². The van der Waals surface area contributed by atoms with Crippen LogP contribution in [0, 0.1) is 5.92 Å². The van der Waals surface area contributed by atoms with E-state index in [-0.39, 0.29) is 0 Å². The van der Waals surface area contributed by atoms with E-state index in [2.05, 4.69) is 30.6 Å². The summed E-state index contributed by atoms with van der Waals surface area (Å²) in [6, 6.07) is 0.675. The number of nitrogens with zero attached hydrogens (tertiary/aromatic N) is 2. The predicted octanol–water partition coefficient (Wildman–Crippen LogP) is 2.70. The van der Waals surface area contributed by atoms with Crippen LogP contribution in [0.25, 0.3) is 0 Å². The third-order valence-electron chi connectivity index (χ3n) is 5.92. The van der Waals surface area contributed by atoms with E-state index in [1.54, 1.807) is 0 Å². The molecular formula is C17H35N3. The SMILES string of the molecule is CCC1CCN(C2(CN)CCCN(C(C)C)CC2)CC1. The molecule has 0 aromatic heterocycles. The Morgan fingerprint density at radius 1 is 1.10 bits per heavy atom. The zero-order chi connectivity index (χ0) is 14.6. The Labute approximate surface area is 125 Å². The van der Waals surface area contributed by atoms with Crippen LogP contribution in [0.5, 0.6) is 0 Å². The molecule has 0 aliphatic carbocycles. The first-order valence-electron chi connectivity index (χ1n) is 8.80. The Balaban J connectivity index is 1.99. The van der Waals surface area contributed by atoms with Crippen molar-refractivity contribution in [2.75, 3.05) is 32.7 Å². The van der Waals surface area contributed by atoms with Crippen LogP contribution in [0.4, 0.5) is 0 Å². The summed E-state index contributed by atoms with van der Waals surface area (Å²) in [6.45, 7) is 12.9. The van der Waals surface area contributed by atoms with Crippen LogP contribution in [-0.2, 0) is 0 Å². The first-order valence-corrected chi connectivity index (χ1v) is 8.80. The van der Waals surface area contributed by atoms with Crippen molar-refractivity contribution in [2.45, 2.75) is 70.9 Å². The zero-order valence-electron chi connectivity index (χ0n) is 13.9. The Morgan fingerprint density at radius 2 is 1.80 bits per heavy atom. The highest BCUT2D eigenvalue weighted by Crippen LogP contribution is 2.33. The number of rotatable bonds is 4. The number of piperidine rings is 1. The van der Waals surface area contributed by atoms with Crippen molar-refractivity contribution < 1.29 is 0 Å². The average Bonchev–Trinajstić information content (AvgIpc) is 2.71. The Bertz CT molecular complexity index is 284. The largest absolute Gasteiger partial charge is 0.329 e. The molecule has 2 N–H and O–H groups in total. The second-order valence-electron chi connectivity index (χ2n) is 7.25. The molecule has 2 rings (SSSR count). The third kappa shape index (κ3) is 3.55. The van der Waals surface area contributed by atoms with Crippen molar-refractivity contribution in [1.82, 2.24) is 9.80 Å². The molecule has 3 nitrogen and oxygen atoms in total. The molecule has 0 radical (unpaired) electrons. The van der Waals surface area contributed by atoms with Crippen molar-refractivity contribution in [3.8, 4) is 0 Å². The molecule has 2 saturated heterocycles. The smallest absolute Gasteiger partial charge is 0.0344 e. The van der Waals surface area contributed by atoms with E-state index in [1.165, 1.54) is 64.7 Å². The van der Waals surface area contributed by atoms with Gasteiger partial charge in [-0.3, -0.25) is 4.90 Å². The Hall–Kier alpha value is -0.120. The van der Waals surface area contributed by atoms with E-state index in [0.717, 1.165) is 12.5 Å². The van der Waals surface area contributed by atoms with Gasteiger partial charge >= 0.3 is 0 Å². The molecule has 2 heterocycles. The van der Waals surface area contributed by atoms with Gasteiger partial charge in [-0.25, -0.2) is 0 Å². The van der Waals surface area contributed by atoms with Crippen molar-refractivity contribution >= 4 is 0 Å². The van der Waals surface area contributed by atoms with Crippen LogP contribution in [-0.4, -0.2) is 54.1 Å². The first-order chi connectivity index (χ1) is 9.61. The highest BCUT2D eigenvalue weighted by molar-refractivity contribution is 4.96. The maximum Gasteiger partial charge on any atom is 0.0344 e. The zero-order valence-corrected chi connectivity index (χ0v) is 13.9. The second kappa shape index (κ2) is 7.24. The summed E-state index contributed by atoms with van der Waals surface area (Å²) in [5.74, 6) is 0.957. The van der Waals surface area contributed by atoms with Gasteiger partial charge in [0.05, 0.1) is 0 Å². The normalized spacial score (nSPS) is 31.6. The lowest BCUT2D eigenvalue weighted by atomic mass is 9.84. The minimum absolute atomic E-state index is 0.294. The van der Waals surface area contributed by atoms with E-state index >= 15 is 0 Å². The molecule has 2 fully saturated rings. The molecule has 2 aliphatic heterocycles. The summed E-state index contributed by atoms with van der Waals surface area (Å²) in [7, 11) is 0. The minimum Gasteiger partial charge on any atom is -0.329 e. The summed E-state index contributed by atoms with van der Waals surface area (Å²) >= 11 is 0. The van der Waals surface area contributed by atoms with E-state index in [9.17, 15) is 0 Å². The van der Waals surface area contributed by atoms with Gasteiger partial charge in [0.2, 0.25) is 0 Å². The second-order valence-corrected chi connectivity index (χ2v) is 7.25. The van der Waals surface area contributed by atoms with E-state index in [1.807, 2.05) is 0 Å². The molecule has 0 amide bonds. The molecule has 20 heavy (non-hydrogen) atoms. The molecule has 1 unspecified atom stereocenters. The van der Waals surface area contributed by atoms with E-state index < -0.39 is 0 Å². The fourth-order valence-corrected chi connectivity index (χ4v) is 4.18. The molecular weight excluding hydrogens is 246 g/mol. The minimum atomic E-state index is 0.294. The topological polar surface area (TPSA) is 32.5 Å². The van der Waals surface area contributed by atoms with Crippen LogP contribution in [0.15, 0.2) is 0 Å². The quantitative estimate of drug-likeness (QED) is 0.860. The van der Waals surface area contributed by atoms with E-state index in [0.29, 0.717) is 11.6 Å². The van der Waals surface area contributed by atoms with Gasteiger partial charge in [0, 0.05) is 24.7 Å². The maximum atomic E-state index is 6.27. The van der Waals surface area contributed by atoms with Crippen LogP contribution < -0.4 is 5.73 Å². The van der Waals surface area contributed by atoms with Gasteiger partial charge < -0.3 is 10.6 Å². The van der Waals surface area contributed by atoms with Crippen LogP contribution in [0.1, 0.15) is 59.3 Å². The maximum absolute atomic E-state index is 6.27. The molecule has 1 atom stereocenters. The number of hydrogen-bond acceptors (Lipinski definition) is 3. The summed E-state index contributed by atoms with van der Waals surface area (Å²) < 4.78 is 0. The van der Waals surface area contributed by atoms with Crippen LogP contribution in [0.3, 0.4) is 0 Å². The molecule has 0 saturated carbocycles. The van der Waals surface area contributed by atoms with E-state index in [4.69, 9.17) is 5.73 Å². The molecule has 0 aromatic carbocycles. The third-order valence-corrected chi connectivity index (χ3v) is 5.92. The molecule has 118 valence electrons. The van der Waals surface area contributed by atoms with Crippen molar-refractivity contribution in [2.24, 2.45) is 11.7 Å². The number of hydrogen-bond donors (Lipinski definition) is 1. The van der Waals surface area contributed by atoms with Gasteiger partial charge in [-0.15, -0.1) is 0 Å². The van der Waals surface area contributed by atoms with Crippen LogP contribution >= 0.6 is 0 Å². The number of likely N-dealkylation sites (tertiary alicyclic amines) is 2. The highest BCUT2D eigenvalue weighted by Gasteiger charge is 2.38. The fraction of sp³-hybridized carbons (Fsp3) is 1.00. The summed E-state index contributed by atoms with van der Waals surface area (Å²) in [6.07, 6.45) is 7.98. The lowest BCUT2D eigenvalue weighted by Gasteiger charge is -2.46. The number of nitrogens with two attached hydrogens (primary N) is 1. The molecule has 2 aliphatic rings. The fourth-order valence-electron chi connectivity index (χ4n) is 4.18. The first kappa shape index (κ1) is 16.3. The monoisotopic (exact) mass is 281 g/mol. The predicted molar refractivity (Wildman–Crippen MR) is 86.9 cm³/mol. The van der Waals surface area contributed by atoms with Crippen LogP contribution in [0.2, 0.25) is 0 Å². The van der Waals surface area contributed by atoms with Crippen molar-refractivity contribution in [1.29, 1.82) is 0 Å².